The van der Waals surface area contributed by atoms with Crippen molar-refractivity contribution in [2.45, 2.75) is 51.7 Å². The molecule has 0 aromatic carbocycles. The Labute approximate surface area is 135 Å². The van der Waals surface area contributed by atoms with Gasteiger partial charge < -0.3 is 14.5 Å². The van der Waals surface area contributed by atoms with Crippen molar-refractivity contribution in [2.75, 3.05) is 52.9 Å². The molecule has 0 N–H and O–H groups in total. The van der Waals surface area contributed by atoms with Crippen LogP contribution in [0.1, 0.15) is 39.5 Å². The van der Waals surface area contributed by atoms with Gasteiger partial charge in [-0.3, -0.25) is 9.69 Å². The average molecular weight is 311 g/mol. The Morgan fingerprint density at radius 2 is 1.77 bits per heavy atom. The molecule has 1 atom stereocenters. The number of hydrogen-bond acceptors (Lipinski definition) is 4. The molecule has 2 saturated heterocycles. The quantitative estimate of drug-likeness (QED) is 0.743. The SMILES string of the molecule is CCOC1CCN(C(=O)CC[C@H](C)N2CCN(C)CC2)CC1. The highest BCUT2D eigenvalue weighted by molar-refractivity contribution is 5.76. The molecule has 22 heavy (non-hydrogen) atoms. The van der Waals surface area contributed by atoms with Gasteiger partial charge >= 0.3 is 0 Å². The summed E-state index contributed by atoms with van der Waals surface area (Å²) in [6, 6.07) is 0.513. The van der Waals surface area contributed by atoms with Gasteiger partial charge in [0.2, 0.25) is 5.91 Å². The molecule has 5 heteroatoms. The van der Waals surface area contributed by atoms with E-state index in [2.05, 4.69) is 23.8 Å². The summed E-state index contributed by atoms with van der Waals surface area (Å²) in [7, 11) is 2.18. The van der Waals surface area contributed by atoms with Crippen LogP contribution < -0.4 is 0 Å². The lowest BCUT2D eigenvalue weighted by molar-refractivity contribution is -0.134. The van der Waals surface area contributed by atoms with E-state index < -0.39 is 0 Å². The van der Waals surface area contributed by atoms with Crippen LogP contribution in [0, 0.1) is 0 Å². The third-order valence-corrected chi connectivity index (χ3v) is 5.13. The number of likely N-dealkylation sites (N-methyl/N-ethyl adjacent to an activating group) is 1. The topological polar surface area (TPSA) is 36.0 Å². The lowest BCUT2D eigenvalue weighted by atomic mass is 10.1. The summed E-state index contributed by atoms with van der Waals surface area (Å²) in [6.07, 6.45) is 4.01. The fourth-order valence-corrected chi connectivity index (χ4v) is 3.44. The monoisotopic (exact) mass is 311 g/mol. The van der Waals surface area contributed by atoms with Crippen molar-refractivity contribution in [1.82, 2.24) is 14.7 Å². The Bertz CT molecular complexity index is 335. The van der Waals surface area contributed by atoms with Crippen molar-refractivity contribution in [3.63, 3.8) is 0 Å². The maximum Gasteiger partial charge on any atom is 0.222 e. The molecule has 2 aliphatic rings. The highest BCUT2D eigenvalue weighted by Crippen LogP contribution is 2.16. The second-order valence-corrected chi connectivity index (χ2v) is 6.76. The summed E-state index contributed by atoms with van der Waals surface area (Å²) in [4.78, 5) is 19.3. The second-order valence-electron chi connectivity index (χ2n) is 6.76. The molecule has 1 amide bonds. The Morgan fingerprint density at radius 1 is 1.14 bits per heavy atom. The summed E-state index contributed by atoms with van der Waals surface area (Å²) in [5.74, 6) is 0.330. The minimum Gasteiger partial charge on any atom is -0.378 e. The molecule has 2 aliphatic heterocycles. The molecule has 0 saturated carbocycles. The van der Waals surface area contributed by atoms with Crippen molar-refractivity contribution < 1.29 is 9.53 Å². The molecule has 0 aliphatic carbocycles. The van der Waals surface area contributed by atoms with E-state index in [0.717, 1.165) is 65.1 Å². The summed E-state index contributed by atoms with van der Waals surface area (Å²) >= 11 is 0. The number of ether oxygens (including phenoxy) is 1. The zero-order chi connectivity index (χ0) is 15.9. The van der Waals surface area contributed by atoms with Gasteiger partial charge in [0, 0.05) is 58.3 Å². The number of likely N-dealkylation sites (tertiary alicyclic amines) is 1. The molecule has 0 aromatic rings. The van der Waals surface area contributed by atoms with Crippen LogP contribution in [0.5, 0.6) is 0 Å². The number of rotatable bonds is 6. The zero-order valence-corrected chi connectivity index (χ0v) is 14.6. The number of hydrogen-bond donors (Lipinski definition) is 0. The smallest absolute Gasteiger partial charge is 0.222 e. The lowest BCUT2D eigenvalue weighted by Crippen LogP contribution is -2.48. The fraction of sp³-hybridized carbons (Fsp3) is 0.941. The van der Waals surface area contributed by atoms with Crippen molar-refractivity contribution >= 4 is 5.91 Å². The van der Waals surface area contributed by atoms with E-state index in [1.807, 2.05) is 11.8 Å². The molecule has 0 spiro atoms. The Morgan fingerprint density at radius 3 is 2.36 bits per heavy atom. The van der Waals surface area contributed by atoms with E-state index in [0.29, 0.717) is 24.5 Å². The Hall–Kier alpha value is -0.650. The minimum absolute atomic E-state index is 0.330. The summed E-state index contributed by atoms with van der Waals surface area (Å²) in [5.41, 5.74) is 0. The van der Waals surface area contributed by atoms with E-state index in [4.69, 9.17) is 4.74 Å². The van der Waals surface area contributed by atoms with Gasteiger partial charge in [0.15, 0.2) is 0 Å². The third kappa shape index (κ3) is 5.21. The number of carbonyl (C=O) groups is 1. The van der Waals surface area contributed by atoms with Crippen LogP contribution in [-0.2, 0) is 9.53 Å². The molecule has 2 rings (SSSR count). The molecule has 0 radical (unpaired) electrons. The maximum absolute atomic E-state index is 12.4. The van der Waals surface area contributed by atoms with Gasteiger partial charge in [0.25, 0.3) is 0 Å². The van der Waals surface area contributed by atoms with Gasteiger partial charge in [0.05, 0.1) is 6.10 Å². The highest BCUT2D eigenvalue weighted by Gasteiger charge is 2.24. The van der Waals surface area contributed by atoms with Crippen LogP contribution in [0.15, 0.2) is 0 Å². The molecule has 128 valence electrons. The fourth-order valence-electron chi connectivity index (χ4n) is 3.44. The predicted molar refractivity (Wildman–Crippen MR) is 89.0 cm³/mol. The van der Waals surface area contributed by atoms with Gasteiger partial charge in [-0.15, -0.1) is 0 Å². The van der Waals surface area contributed by atoms with Gasteiger partial charge in [-0.25, -0.2) is 0 Å². The first kappa shape index (κ1) is 17.7. The molecule has 0 aromatic heterocycles. The predicted octanol–water partition coefficient (Wildman–Crippen LogP) is 1.43. The Kier molecular flexibility index (Phi) is 7.12. The van der Waals surface area contributed by atoms with Crippen LogP contribution in [0.4, 0.5) is 0 Å². The van der Waals surface area contributed by atoms with Crippen LogP contribution in [0.3, 0.4) is 0 Å². The zero-order valence-electron chi connectivity index (χ0n) is 14.6. The van der Waals surface area contributed by atoms with Crippen LogP contribution >= 0.6 is 0 Å². The van der Waals surface area contributed by atoms with Crippen LogP contribution in [0.2, 0.25) is 0 Å². The second kappa shape index (κ2) is 8.85. The first-order valence-electron chi connectivity index (χ1n) is 8.92. The van der Waals surface area contributed by atoms with Crippen molar-refractivity contribution in [1.29, 1.82) is 0 Å². The lowest BCUT2D eigenvalue weighted by Gasteiger charge is -2.37. The van der Waals surface area contributed by atoms with Gasteiger partial charge in [-0.05, 0) is 40.2 Å². The van der Waals surface area contributed by atoms with E-state index in [9.17, 15) is 4.79 Å². The van der Waals surface area contributed by atoms with E-state index in [-0.39, 0.29) is 0 Å². The largest absolute Gasteiger partial charge is 0.378 e. The van der Waals surface area contributed by atoms with Crippen molar-refractivity contribution in [3.8, 4) is 0 Å². The first-order chi connectivity index (χ1) is 10.6. The third-order valence-electron chi connectivity index (χ3n) is 5.13. The van der Waals surface area contributed by atoms with Gasteiger partial charge in [0.1, 0.15) is 0 Å². The number of piperazine rings is 1. The number of piperidine rings is 1. The first-order valence-corrected chi connectivity index (χ1v) is 8.92. The van der Waals surface area contributed by atoms with Crippen LogP contribution in [-0.4, -0.2) is 85.7 Å². The van der Waals surface area contributed by atoms with Gasteiger partial charge in [-0.1, -0.05) is 0 Å². The molecular formula is C17H33N3O2. The number of nitrogens with zero attached hydrogens (tertiary/aromatic N) is 3. The van der Waals surface area contributed by atoms with E-state index >= 15 is 0 Å². The van der Waals surface area contributed by atoms with Crippen LogP contribution in [0.25, 0.3) is 0 Å². The van der Waals surface area contributed by atoms with Crippen molar-refractivity contribution in [3.05, 3.63) is 0 Å². The standard InChI is InChI=1S/C17H33N3O2/c1-4-22-16-7-9-20(10-8-16)17(21)6-5-15(2)19-13-11-18(3)12-14-19/h15-16H,4-14H2,1-3H3/t15-/m0/s1. The normalized spacial score (nSPS) is 23.7. The summed E-state index contributed by atoms with van der Waals surface area (Å²) in [5, 5.41) is 0. The molecule has 5 nitrogen and oxygen atoms in total. The maximum atomic E-state index is 12.4. The molecule has 0 bridgehead atoms. The molecule has 0 unspecified atom stereocenters. The van der Waals surface area contributed by atoms with E-state index in [1.54, 1.807) is 0 Å². The molecule has 2 heterocycles. The van der Waals surface area contributed by atoms with Crippen molar-refractivity contribution in [2.24, 2.45) is 0 Å². The Balaban J connectivity index is 1.65. The minimum atomic E-state index is 0.330. The molecule has 2 fully saturated rings. The average Bonchev–Trinajstić information content (AvgIpc) is 2.54. The molecular weight excluding hydrogens is 278 g/mol. The number of amides is 1. The van der Waals surface area contributed by atoms with Gasteiger partial charge in [-0.2, -0.15) is 0 Å². The number of carbonyl (C=O) groups excluding carboxylic acids is 1. The summed E-state index contributed by atoms with van der Waals surface area (Å²) in [6.45, 7) is 11.4. The summed E-state index contributed by atoms with van der Waals surface area (Å²) < 4.78 is 5.65. The van der Waals surface area contributed by atoms with E-state index in [1.165, 1.54) is 0 Å². The highest BCUT2D eigenvalue weighted by atomic mass is 16.5.